The molecule has 1 aromatic heterocycles. The van der Waals surface area contributed by atoms with Crippen LogP contribution in [-0.2, 0) is 0 Å². The van der Waals surface area contributed by atoms with Gasteiger partial charge in [0.1, 0.15) is 30.0 Å². The number of aromatic nitrogens is 1. The number of ether oxygens (including phenoxy) is 2. The monoisotopic (exact) mass is 274 g/mol. The van der Waals surface area contributed by atoms with E-state index in [4.69, 9.17) is 9.47 Å². The second kappa shape index (κ2) is 7.35. The molecule has 1 aromatic carbocycles. The fraction of sp³-hybridized carbons (Fsp3) is 0.267. The van der Waals surface area contributed by atoms with Gasteiger partial charge in [-0.05, 0) is 36.4 Å². The lowest BCUT2D eigenvalue weighted by Gasteiger charge is -2.13. The molecule has 0 fully saturated rings. The molecule has 0 saturated carbocycles. The van der Waals surface area contributed by atoms with Gasteiger partial charge in [-0.3, -0.25) is 0 Å². The van der Waals surface area contributed by atoms with Gasteiger partial charge in [-0.1, -0.05) is 6.07 Å². The second-order valence-electron chi connectivity index (χ2n) is 4.24. The van der Waals surface area contributed by atoms with Crippen LogP contribution in [0.3, 0.4) is 0 Å². The predicted octanol–water partition coefficient (Wildman–Crippen LogP) is 1.94. The molecular formula is C15H18N2O3. The second-order valence-corrected chi connectivity index (χ2v) is 4.24. The van der Waals surface area contributed by atoms with E-state index in [1.54, 1.807) is 25.4 Å². The first kappa shape index (κ1) is 14.1. The highest BCUT2D eigenvalue weighted by Crippen LogP contribution is 2.17. The van der Waals surface area contributed by atoms with Gasteiger partial charge < -0.3 is 19.9 Å². The molecule has 0 aliphatic heterocycles. The number of pyridine rings is 1. The largest absolute Gasteiger partial charge is 0.497 e. The standard InChI is InChI=1S/C15H18N2O3/c1-19-13-5-7-14(8-6-13)20-11-12(18)10-17-15-4-2-3-9-16-15/h2-9,12,18H,10-11H2,1H3,(H,16,17)/t12-/m1/s1. The highest BCUT2D eigenvalue weighted by atomic mass is 16.5. The molecule has 20 heavy (non-hydrogen) atoms. The van der Waals surface area contributed by atoms with E-state index in [1.807, 2.05) is 30.3 Å². The Balaban J connectivity index is 1.73. The molecular weight excluding hydrogens is 256 g/mol. The molecule has 0 unspecified atom stereocenters. The summed E-state index contributed by atoms with van der Waals surface area (Å²) in [5, 5.41) is 12.9. The third-order valence-corrected chi connectivity index (χ3v) is 2.69. The summed E-state index contributed by atoms with van der Waals surface area (Å²) in [5.74, 6) is 2.20. The van der Waals surface area contributed by atoms with Gasteiger partial charge in [0.15, 0.2) is 0 Å². The maximum absolute atomic E-state index is 9.83. The number of hydrogen-bond acceptors (Lipinski definition) is 5. The Kier molecular flexibility index (Phi) is 5.20. The van der Waals surface area contributed by atoms with Gasteiger partial charge in [0.05, 0.1) is 7.11 Å². The van der Waals surface area contributed by atoms with Crippen molar-refractivity contribution in [2.24, 2.45) is 0 Å². The van der Waals surface area contributed by atoms with Crippen molar-refractivity contribution in [1.82, 2.24) is 4.98 Å². The number of aliphatic hydroxyl groups excluding tert-OH is 1. The van der Waals surface area contributed by atoms with Crippen molar-refractivity contribution in [3.8, 4) is 11.5 Å². The zero-order chi connectivity index (χ0) is 14.2. The molecule has 1 heterocycles. The van der Waals surface area contributed by atoms with Gasteiger partial charge in [0.25, 0.3) is 0 Å². The van der Waals surface area contributed by atoms with Gasteiger partial charge in [-0.15, -0.1) is 0 Å². The van der Waals surface area contributed by atoms with Crippen LogP contribution in [0.5, 0.6) is 11.5 Å². The van der Waals surface area contributed by atoms with Crippen molar-refractivity contribution in [3.05, 3.63) is 48.7 Å². The molecule has 0 saturated heterocycles. The Bertz CT molecular complexity index is 502. The average molecular weight is 274 g/mol. The smallest absolute Gasteiger partial charge is 0.125 e. The Labute approximate surface area is 118 Å². The lowest BCUT2D eigenvalue weighted by molar-refractivity contribution is 0.117. The van der Waals surface area contributed by atoms with Gasteiger partial charge in [-0.25, -0.2) is 4.98 Å². The van der Waals surface area contributed by atoms with Gasteiger partial charge >= 0.3 is 0 Å². The summed E-state index contributed by atoms with van der Waals surface area (Å²) in [5.41, 5.74) is 0. The molecule has 0 amide bonds. The molecule has 0 radical (unpaired) electrons. The number of hydrogen-bond donors (Lipinski definition) is 2. The van der Waals surface area contributed by atoms with E-state index in [1.165, 1.54) is 0 Å². The minimum atomic E-state index is -0.612. The average Bonchev–Trinajstić information content (AvgIpc) is 2.52. The summed E-state index contributed by atoms with van der Waals surface area (Å²) in [7, 11) is 1.61. The Morgan fingerprint density at radius 3 is 2.55 bits per heavy atom. The van der Waals surface area contributed by atoms with Crippen LogP contribution in [0.4, 0.5) is 5.82 Å². The summed E-state index contributed by atoms with van der Waals surface area (Å²) in [4.78, 5) is 4.11. The zero-order valence-electron chi connectivity index (χ0n) is 11.3. The van der Waals surface area contributed by atoms with Crippen molar-refractivity contribution in [2.75, 3.05) is 25.6 Å². The van der Waals surface area contributed by atoms with E-state index in [2.05, 4.69) is 10.3 Å². The molecule has 2 rings (SSSR count). The highest BCUT2D eigenvalue weighted by molar-refractivity contribution is 5.33. The molecule has 5 heteroatoms. The van der Waals surface area contributed by atoms with E-state index in [0.29, 0.717) is 12.3 Å². The molecule has 0 spiro atoms. The first-order valence-electron chi connectivity index (χ1n) is 6.38. The SMILES string of the molecule is COc1ccc(OC[C@H](O)CNc2ccccn2)cc1. The van der Waals surface area contributed by atoms with Crippen LogP contribution in [-0.4, -0.2) is 36.5 Å². The van der Waals surface area contributed by atoms with Crippen molar-refractivity contribution >= 4 is 5.82 Å². The summed E-state index contributed by atoms with van der Waals surface area (Å²) < 4.78 is 10.6. The van der Waals surface area contributed by atoms with E-state index in [-0.39, 0.29) is 6.61 Å². The minimum absolute atomic E-state index is 0.214. The third kappa shape index (κ3) is 4.44. The van der Waals surface area contributed by atoms with Crippen LogP contribution >= 0.6 is 0 Å². The van der Waals surface area contributed by atoms with E-state index >= 15 is 0 Å². The summed E-state index contributed by atoms with van der Waals surface area (Å²) >= 11 is 0. The van der Waals surface area contributed by atoms with Crippen molar-refractivity contribution in [2.45, 2.75) is 6.10 Å². The number of benzene rings is 1. The van der Waals surface area contributed by atoms with Gasteiger partial charge in [0.2, 0.25) is 0 Å². The van der Waals surface area contributed by atoms with Gasteiger partial charge in [-0.2, -0.15) is 0 Å². The molecule has 5 nitrogen and oxygen atoms in total. The molecule has 106 valence electrons. The quantitative estimate of drug-likeness (QED) is 0.808. The van der Waals surface area contributed by atoms with E-state index in [0.717, 1.165) is 11.6 Å². The van der Waals surface area contributed by atoms with Gasteiger partial charge in [0, 0.05) is 12.7 Å². The van der Waals surface area contributed by atoms with Crippen LogP contribution in [0.15, 0.2) is 48.7 Å². The fourth-order valence-electron chi connectivity index (χ4n) is 1.61. The maximum Gasteiger partial charge on any atom is 0.125 e. The summed E-state index contributed by atoms with van der Waals surface area (Å²) in [6.07, 6.45) is 1.09. The highest BCUT2D eigenvalue weighted by Gasteiger charge is 2.05. The Morgan fingerprint density at radius 2 is 1.90 bits per heavy atom. The molecule has 0 bridgehead atoms. The first-order chi connectivity index (χ1) is 9.78. The number of anilines is 1. The molecule has 2 N–H and O–H groups in total. The van der Waals surface area contributed by atoms with E-state index < -0.39 is 6.10 Å². The topological polar surface area (TPSA) is 63.6 Å². The van der Waals surface area contributed by atoms with Crippen LogP contribution in [0.2, 0.25) is 0 Å². The number of methoxy groups -OCH3 is 1. The van der Waals surface area contributed by atoms with Crippen LogP contribution in [0.25, 0.3) is 0 Å². The summed E-state index contributed by atoms with van der Waals surface area (Å²) in [6.45, 7) is 0.597. The maximum atomic E-state index is 9.83. The number of aliphatic hydroxyl groups is 1. The van der Waals surface area contributed by atoms with E-state index in [9.17, 15) is 5.11 Å². The zero-order valence-corrected chi connectivity index (χ0v) is 11.3. The lowest BCUT2D eigenvalue weighted by atomic mass is 10.3. The van der Waals surface area contributed by atoms with Crippen LogP contribution in [0.1, 0.15) is 0 Å². The number of nitrogens with zero attached hydrogens (tertiary/aromatic N) is 1. The van der Waals surface area contributed by atoms with Crippen molar-refractivity contribution < 1.29 is 14.6 Å². The van der Waals surface area contributed by atoms with Crippen molar-refractivity contribution in [1.29, 1.82) is 0 Å². The molecule has 0 aliphatic carbocycles. The first-order valence-corrected chi connectivity index (χ1v) is 6.38. The van der Waals surface area contributed by atoms with Crippen molar-refractivity contribution in [3.63, 3.8) is 0 Å². The molecule has 0 aliphatic rings. The molecule has 2 aromatic rings. The molecule has 1 atom stereocenters. The third-order valence-electron chi connectivity index (χ3n) is 2.69. The normalized spacial score (nSPS) is 11.7. The Morgan fingerprint density at radius 1 is 1.15 bits per heavy atom. The van der Waals surface area contributed by atoms with Crippen LogP contribution in [0, 0.1) is 0 Å². The Hall–Kier alpha value is -2.27. The fourth-order valence-corrected chi connectivity index (χ4v) is 1.61. The predicted molar refractivity (Wildman–Crippen MR) is 77.2 cm³/mol. The minimum Gasteiger partial charge on any atom is -0.497 e. The summed E-state index contributed by atoms with van der Waals surface area (Å²) in [6, 6.07) is 12.8. The van der Waals surface area contributed by atoms with Crippen LogP contribution < -0.4 is 14.8 Å². The lowest BCUT2D eigenvalue weighted by Crippen LogP contribution is -2.26. The number of rotatable bonds is 7. The number of nitrogens with one attached hydrogen (secondary N) is 1.